The molecule has 0 bridgehead atoms. The molecule has 2 heterocycles. The van der Waals surface area contributed by atoms with Crippen LogP contribution in [-0.4, -0.2) is 30.7 Å². The molecule has 4 rings (SSSR count). The van der Waals surface area contributed by atoms with E-state index < -0.39 is 27.7 Å². The molecule has 0 saturated carbocycles. The number of hydrogen-bond donors (Lipinski definition) is 2. The Hall–Kier alpha value is -2.73. The van der Waals surface area contributed by atoms with Crippen molar-refractivity contribution in [3.8, 4) is 5.75 Å². The fourth-order valence-electron chi connectivity index (χ4n) is 3.29. The van der Waals surface area contributed by atoms with Gasteiger partial charge in [0.25, 0.3) is 0 Å². The Balaban J connectivity index is 1.79. The molecule has 2 N–H and O–H groups in total. The van der Waals surface area contributed by atoms with Crippen molar-refractivity contribution in [2.45, 2.75) is 23.8 Å². The van der Waals surface area contributed by atoms with Gasteiger partial charge in [-0.2, -0.15) is 4.72 Å². The van der Waals surface area contributed by atoms with Gasteiger partial charge < -0.3 is 9.15 Å². The molecule has 0 aliphatic rings. The van der Waals surface area contributed by atoms with E-state index in [-0.39, 0.29) is 16.5 Å². The minimum atomic E-state index is -4.12. The van der Waals surface area contributed by atoms with Gasteiger partial charge in [0.15, 0.2) is 0 Å². The summed E-state index contributed by atoms with van der Waals surface area (Å²) in [4.78, 5) is 15.9. The lowest BCUT2D eigenvalue weighted by molar-refractivity contribution is 0.379. The molecule has 0 spiro atoms. The number of para-hydroxylation sites is 1. The highest BCUT2D eigenvalue weighted by Gasteiger charge is 2.33. The summed E-state index contributed by atoms with van der Waals surface area (Å²) in [6, 6.07) is 8.82. The Morgan fingerprint density at radius 2 is 2.10 bits per heavy atom. The van der Waals surface area contributed by atoms with Crippen molar-refractivity contribution in [2.24, 2.45) is 0 Å². The lowest BCUT2D eigenvalue weighted by Crippen LogP contribution is -2.32. The number of nitrogens with zero attached hydrogens (tertiary/aromatic N) is 2. The molecule has 0 aliphatic heterocycles. The third-order valence-corrected chi connectivity index (χ3v) is 7.31. The quantitative estimate of drug-likeness (QED) is 0.414. The van der Waals surface area contributed by atoms with Crippen LogP contribution in [0.25, 0.3) is 10.2 Å². The number of H-pyrrole nitrogens is 1. The largest absolute Gasteiger partial charge is 0.495 e. The number of sulfonamides is 1. The van der Waals surface area contributed by atoms with Gasteiger partial charge in [-0.3, -0.25) is 0 Å². The Kier molecular flexibility index (Phi) is 5.84. The summed E-state index contributed by atoms with van der Waals surface area (Å²) in [5.74, 6) is -1.29. The highest BCUT2D eigenvalue weighted by atomic mass is 35.5. The standard InChI is InChI=1S/C19H17ClN4O5S2/c1-10(12-4-3-5-14-17(12)21-9-30-14)16(18-22-23-19(25)29-18)24-31(26,27)15-7-6-11(20)8-13(15)28-2/h3-10,16,24H,1-2H3,(H,23,25)/t10-,16+/m1/s1. The highest BCUT2D eigenvalue weighted by molar-refractivity contribution is 7.89. The summed E-state index contributed by atoms with van der Waals surface area (Å²) in [5.41, 5.74) is 3.24. The molecule has 31 heavy (non-hydrogen) atoms. The number of benzene rings is 2. The van der Waals surface area contributed by atoms with Gasteiger partial charge in [0.2, 0.25) is 15.9 Å². The molecule has 0 unspecified atom stereocenters. The predicted molar refractivity (Wildman–Crippen MR) is 116 cm³/mol. The maximum atomic E-state index is 13.3. The molecular weight excluding hydrogens is 464 g/mol. The molecule has 0 fully saturated rings. The van der Waals surface area contributed by atoms with Crippen molar-refractivity contribution in [2.75, 3.05) is 7.11 Å². The van der Waals surface area contributed by atoms with Crippen LogP contribution in [-0.2, 0) is 10.0 Å². The fraction of sp³-hybridized carbons (Fsp3) is 0.211. The van der Waals surface area contributed by atoms with Crippen LogP contribution in [0, 0.1) is 0 Å². The number of rotatable bonds is 7. The van der Waals surface area contributed by atoms with Crippen LogP contribution in [0.4, 0.5) is 0 Å². The average molecular weight is 481 g/mol. The molecule has 0 radical (unpaired) electrons. The molecule has 2 aromatic carbocycles. The van der Waals surface area contributed by atoms with Crippen molar-refractivity contribution in [1.29, 1.82) is 0 Å². The maximum Gasteiger partial charge on any atom is 0.434 e. The van der Waals surface area contributed by atoms with E-state index in [4.69, 9.17) is 20.8 Å². The molecule has 2 aromatic heterocycles. The van der Waals surface area contributed by atoms with Crippen molar-refractivity contribution >= 4 is 43.2 Å². The molecule has 4 aromatic rings. The zero-order valence-electron chi connectivity index (χ0n) is 16.3. The van der Waals surface area contributed by atoms with E-state index in [1.54, 1.807) is 12.4 Å². The Labute approximate surface area is 186 Å². The van der Waals surface area contributed by atoms with Crippen LogP contribution in [0.3, 0.4) is 0 Å². The molecule has 9 nitrogen and oxygen atoms in total. The van der Waals surface area contributed by atoms with E-state index in [0.29, 0.717) is 5.02 Å². The summed E-state index contributed by atoms with van der Waals surface area (Å²) in [6.45, 7) is 1.80. The van der Waals surface area contributed by atoms with Gasteiger partial charge in [0.05, 0.1) is 22.8 Å². The number of fused-ring (bicyclic) bond motifs is 1. The molecule has 0 amide bonds. The van der Waals surface area contributed by atoms with Gasteiger partial charge in [-0.25, -0.2) is 23.3 Å². The van der Waals surface area contributed by atoms with Gasteiger partial charge in [-0.05, 0) is 23.8 Å². The van der Waals surface area contributed by atoms with Crippen LogP contribution >= 0.6 is 22.9 Å². The van der Waals surface area contributed by atoms with E-state index in [0.717, 1.165) is 15.8 Å². The summed E-state index contributed by atoms with van der Waals surface area (Å²) in [5, 5.41) is 6.37. The Bertz CT molecular complexity index is 1400. The lowest BCUT2D eigenvalue weighted by atomic mass is 9.93. The molecule has 2 atom stereocenters. The van der Waals surface area contributed by atoms with Crippen molar-refractivity contribution in [3.05, 3.63) is 68.9 Å². The maximum absolute atomic E-state index is 13.3. The smallest absolute Gasteiger partial charge is 0.434 e. The number of thiazole rings is 1. The monoisotopic (exact) mass is 480 g/mol. The molecule has 162 valence electrons. The first-order valence-electron chi connectivity index (χ1n) is 9.03. The second-order valence-electron chi connectivity index (χ2n) is 6.68. The zero-order valence-corrected chi connectivity index (χ0v) is 18.7. The molecule has 0 saturated heterocycles. The second kappa shape index (κ2) is 8.42. The fourth-order valence-corrected chi connectivity index (χ4v) is 5.58. The first-order valence-corrected chi connectivity index (χ1v) is 11.8. The number of methoxy groups -OCH3 is 1. The first kappa shape index (κ1) is 21.5. The molecule has 12 heteroatoms. The third kappa shape index (κ3) is 4.22. The number of halogens is 1. The van der Waals surface area contributed by atoms with Gasteiger partial charge >= 0.3 is 5.76 Å². The highest BCUT2D eigenvalue weighted by Crippen LogP contribution is 2.36. The van der Waals surface area contributed by atoms with Gasteiger partial charge in [-0.1, -0.05) is 30.7 Å². The Morgan fingerprint density at radius 3 is 2.81 bits per heavy atom. The minimum Gasteiger partial charge on any atom is -0.495 e. The van der Waals surface area contributed by atoms with Crippen molar-refractivity contribution < 1.29 is 17.6 Å². The third-order valence-electron chi connectivity index (χ3n) is 4.80. The number of nitrogens with one attached hydrogen (secondary N) is 2. The SMILES string of the molecule is COc1cc(Cl)ccc1S(=O)(=O)N[C@H](c1n[nH]c(=O)o1)[C@H](C)c1cccc2scnc12. The molecule has 0 aliphatic carbocycles. The number of ether oxygens (including phenoxy) is 1. The average Bonchev–Trinajstić information content (AvgIpc) is 3.39. The second-order valence-corrected chi connectivity index (χ2v) is 9.69. The van der Waals surface area contributed by atoms with Gasteiger partial charge in [-0.15, -0.1) is 16.4 Å². The van der Waals surface area contributed by atoms with Gasteiger partial charge in [0.1, 0.15) is 16.7 Å². The minimum absolute atomic E-state index is 0.0801. The predicted octanol–water partition coefficient (Wildman–Crippen LogP) is 3.46. The van der Waals surface area contributed by atoms with E-state index in [1.807, 2.05) is 18.2 Å². The van der Waals surface area contributed by atoms with Crippen molar-refractivity contribution in [1.82, 2.24) is 19.9 Å². The van der Waals surface area contributed by atoms with E-state index in [9.17, 15) is 13.2 Å². The normalized spacial score (nSPS) is 13.9. The Morgan fingerprint density at radius 1 is 1.29 bits per heavy atom. The van der Waals surface area contributed by atoms with Crippen LogP contribution in [0.2, 0.25) is 5.02 Å². The zero-order chi connectivity index (χ0) is 22.2. The summed E-state index contributed by atoms with van der Waals surface area (Å²) in [6.07, 6.45) is 0. The topological polar surface area (TPSA) is 127 Å². The lowest BCUT2D eigenvalue weighted by Gasteiger charge is -2.23. The van der Waals surface area contributed by atoms with Crippen LogP contribution in [0.5, 0.6) is 5.75 Å². The molecular formula is C19H17ClN4O5S2. The van der Waals surface area contributed by atoms with E-state index in [1.165, 1.54) is 36.6 Å². The number of aromatic amines is 1. The summed E-state index contributed by atoms with van der Waals surface area (Å²) >= 11 is 7.43. The summed E-state index contributed by atoms with van der Waals surface area (Å²) in [7, 11) is -2.77. The van der Waals surface area contributed by atoms with E-state index in [2.05, 4.69) is 19.9 Å². The van der Waals surface area contributed by atoms with Crippen LogP contribution in [0.15, 0.2) is 56.0 Å². The van der Waals surface area contributed by atoms with E-state index >= 15 is 0 Å². The first-order chi connectivity index (χ1) is 14.8. The number of hydrogen-bond acceptors (Lipinski definition) is 8. The summed E-state index contributed by atoms with van der Waals surface area (Å²) < 4.78 is 40.4. The van der Waals surface area contributed by atoms with Crippen LogP contribution < -0.4 is 15.2 Å². The number of aromatic nitrogens is 3. The van der Waals surface area contributed by atoms with Crippen LogP contribution in [0.1, 0.15) is 30.3 Å². The van der Waals surface area contributed by atoms with Gasteiger partial charge in [0, 0.05) is 17.0 Å². The van der Waals surface area contributed by atoms with Crippen molar-refractivity contribution in [3.63, 3.8) is 0 Å².